The number of nitrogens with zero attached hydrogens (tertiary/aromatic N) is 3. The molecule has 0 aliphatic heterocycles. The molecule has 0 aliphatic carbocycles. The van der Waals surface area contributed by atoms with Crippen molar-refractivity contribution in [1.29, 1.82) is 0 Å². The molecule has 4 nitrogen and oxygen atoms in total. The van der Waals surface area contributed by atoms with Crippen LogP contribution in [0.4, 0.5) is 0 Å². The average Bonchev–Trinajstić information content (AvgIpc) is 2.99. The van der Waals surface area contributed by atoms with Crippen molar-refractivity contribution < 1.29 is 0 Å². The van der Waals surface area contributed by atoms with Crippen molar-refractivity contribution in [3.63, 3.8) is 0 Å². The van der Waals surface area contributed by atoms with E-state index in [1.807, 2.05) is 35.8 Å². The van der Waals surface area contributed by atoms with Gasteiger partial charge in [0.05, 0.1) is 12.2 Å². The largest absolute Gasteiger partial charge is 0.324 e. The van der Waals surface area contributed by atoms with Gasteiger partial charge in [-0.25, -0.2) is 0 Å². The molecule has 1 heterocycles. The highest BCUT2D eigenvalue weighted by Gasteiger charge is 2.16. The van der Waals surface area contributed by atoms with Gasteiger partial charge in [0.15, 0.2) is 11.0 Å². The molecule has 0 spiro atoms. The summed E-state index contributed by atoms with van der Waals surface area (Å²) in [5, 5.41) is 10.1. The molecule has 0 amide bonds. The second kappa shape index (κ2) is 7.38. The molecule has 124 valence electrons. The quantitative estimate of drug-likeness (QED) is 0.691. The third kappa shape index (κ3) is 3.48. The smallest absolute Gasteiger partial charge is 0.196 e. The summed E-state index contributed by atoms with van der Waals surface area (Å²) in [5.41, 5.74) is 10.5. The van der Waals surface area contributed by atoms with E-state index in [1.54, 1.807) is 11.8 Å². The number of halogens is 1. The first-order chi connectivity index (χ1) is 11.6. The molecule has 1 aromatic heterocycles. The Hall–Kier alpha value is -1.82. The molecule has 0 radical (unpaired) electrons. The third-order valence-electron chi connectivity index (χ3n) is 3.91. The van der Waals surface area contributed by atoms with Gasteiger partial charge in [0.25, 0.3) is 0 Å². The number of thioether (sulfide) groups is 1. The highest BCUT2D eigenvalue weighted by molar-refractivity contribution is 7.98. The Morgan fingerprint density at radius 1 is 1.08 bits per heavy atom. The molecule has 24 heavy (non-hydrogen) atoms. The lowest BCUT2D eigenvalue weighted by atomic mass is 10.1. The fourth-order valence-corrected chi connectivity index (χ4v) is 3.71. The summed E-state index contributed by atoms with van der Waals surface area (Å²) >= 11 is 7.83. The van der Waals surface area contributed by atoms with Gasteiger partial charge in [0.1, 0.15) is 0 Å². The highest BCUT2D eigenvalue weighted by atomic mass is 35.5. The summed E-state index contributed by atoms with van der Waals surface area (Å²) in [4.78, 5) is 0. The zero-order valence-electron chi connectivity index (χ0n) is 13.7. The third-order valence-corrected chi connectivity index (χ3v) is 5.13. The Bertz CT molecular complexity index is 860. The number of aryl methyl sites for hydroxylation is 2. The Kier molecular flexibility index (Phi) is 5.23. The van der Waals surface area contributed by atoms with E-state index < -0.39 is 0 Å². The first-order valence-electron chi connectivity index (χ1n) is 7.68. The molecular formula is C18H19ClN4S. The van der Waals surface area contributed by atoms with Gasteiger partial charge in [-0.2, -0.15) is 0 Å². The van der Waals surface area contributed by atoms with Crippen molar-refractivity contribution in [2.75, 3.05) is 0 Å². The predicted octanol–water partition coefficient (Wildman–Crippen LogP) is 4.29. The van der Waals surface area contributed by atoms with Gasteiger partial charge in [0.2, 0.25) is 0 Å². The number of hydrogen-bond acceptors (Lipinski definition) is 4. The van der Waals surface area contributed by atoms with Crippen molar-refractivity contribution >= 4 is 23.4 Å². The normalized spacial score (nSPS) is 11.0. The minimum atomic E-state index is 0.323. The van der Waals surface area contributed by atoms with Crippen LogP contribution in [-0.4, -0.2) is 14.8 Å². The van der Waals surface area contributed by atoms with Crippen LogP contribution in [0, 0.1) is 13.8 Å². The van der Waals surface area contributed by atoms with Crippen LogP contribution in [0.2, 0.25) is 5.02 Å². The Morgan fingerprint density at radius 3 is 2.62 bits per heavy atom. The zero-order valence-corrected chi connectivity index (χ0v) is 15.2. The summed E-state index contributed by atoms with van der Waals surface area (Å²) in [6, 6.07) is 14.2. The maximum Gasteiger partial charge on any atom is 0.196 e. The molecule has 3 rings (SSSR count). The summed E-state index contributed by atoms with van der Waals surface area (Å²) in [5.74, 6) is 1.56. The lowest BCUT2D eigenvalue weighted by Crippen LogP contribution is -2.09. The van der Waals surface area contributed by atoms with E-state index in [2.05, 4.69) is 35.3 Å². The fourth-order valence-electron chi connectivity index (χ4n) is 2.51. The van der Waals surface area contributed by atoms with Crippen LogP contribution < -0.4 is 5.73 Å². The van der Waals surface area contributed by atoms with Crippen LogP contribution >= 0.6 is 23.4 Å². The van der Waals surface area contributed by atoms with Gasteiger partial charge in [-0.15, -0.1) is 10.2 Å². The molecule has 0 atom stereocenters. The Labute approximate surface area is 151 Å². The fraction of sp³-hybridized carbons (Fsp3) is 0.222. The summed E-state index contributed by atoms with van der Waals surface area (Å²) < 4.78 is 2.00. The molecule has 0 bridgehead atoms. The van der Waals surface area contributed by atoms with Crippen LogP contribution in [0.15, 0.2) is 47.6 Å². The van der Waals surface area contributed by atoms with Crippen molar-refractivity contribution in [2.45, 2.75) is 31.3 Å². The number of aromatic nitrogens is 3. The topological polar surface area (TPSA) is 56.7 Å². The summed E-state index contributed by atoms with van der Waals surface area (Å²) in [6.45, 7) is 4.48. The van der Waals surface area contributed by atoms with Gasteiger partial charge >= 0.3 is 0 Å². The second-order valence-corrected chi connectivity index (χ2v) is 6.96. The standard InChI is InChI=1S/C18H19ClN4S/c1-12-5-3-4-6-14(12)11-24-18-22-21-17(10-20)23(18)16-9-15(19)8-7-13(16)2/h3-9H,10-11,20H2,1-2H3. The van der Waals surface area contributed by atoms with Gasteiger partial charge in [-0.1, -0.05) is 53.7 Å². The average molecular weight is 359 g/mol. The molecule has 0 unspecified atom stereocenters. The monoisotopic (exact) mass is 358 g/mol. The van der Waals surface area contributed by atoms with E-state index in [4.69, 9.17) is 17.3 Å². The van der Waals surface area contributed by atoms with E-state index >= 15 is 0 Å². The number of rotatable bonds is 5. The van der Waals surface area contributed by atoms with Crippen molar-refractivity contribution in [2.24, 2.45) is 5.73 Å². The minimum Gasteiger partial charge on any atom is -0.324 e. The number of benzene rings is 2. The minimum absolute atomic E-state index is 0.323. The first-order valence-corrected chi connectivity index (χ1v) is 9.04. The lowest BCUT2D eigenvalue weighted by Gasteiger charge is -2.13. The van der Waals surface area contributed by atoms with E-state index in [9.17, 15) is 0 Å². The highest BCUT2D eigenvalue weighted by Crippen LogP contribution is 2.29. The SMILES string of the molecule is Cc1ccccc1CSc1nnc(CN)n1-c1cc(Cl)ccc1C. The molecule has 0 fully saturated rings. The van der Waals surface area contributed by atoms with E-state index in [0.29, 0.717) is 11.6 Å². The number of nitrogens with two attached hydrogens (primary N) is 1. The van der Waals surface area contributed by atoms with E-state index in [-0.39, 0.29) is 0 Å². The van der Waals surface area contributed by atoms with Crippen molar-refractivity contribution in [3.8, 4) is 5.69 Å². The van der Waals surface area contributed by atoms with Crippen molar-refractivity contribution in [1.82, 2.24) is 14.8 Å². The van der Waals surface area contributed by atoms with Crippen LogP contribution in [-0.2, 0) is 12.3 Å². The van der Waals surface area contributed by atoms with Crippen molar-refractivity contribution in [3.05, 3.63) is 70.0 Å². The molecule has 0 saturated carbocycles. The van der Waals surface area contributed by atoms with Crippen LogP contribution in [0.5, 0.6) is 0 Å². The summed E-state index contributed by atoms with van der Waals surface area (Å²) in [7, 11) is 0. The maximum absolute atomic E-state index is 6.18. The van der Waals surface area contributed by atoms with Gasteiger partial charge < -0.3 is 5.73 Å². The molecular weight excluding hydrogens is 340 g/mol. The lowest BCUT2D eigenvalue weighted by molar-refractivity contribution is 0.818. The van der Waals surface area contributed by atoms with Crippen LogP contribution in [0.25, 0.3) is 5.69 Å². The molecule has 2 N–H and O–H groups in total. The molecule has 0 saturated heterocycles. The maximum atomic E-state index is 6.18. The van der Waals surface area contributed by atoms with Gasteiger partial charge in [-0.3, -0.25) is 4.57 Å². The van der Waals surface area contributed by atoms with Crippen LogP contribution in [0.3, 0.4) is 0 Å². The van der Waals surface area contributed by atoms with Gasteiger partial charge in [-0.05, 0) is 42.7 Å². The molecule has 6 heteroatoms. The Balaban J connectivity index is 1.96. The molecule has 0 aliphatic rings. The van der Waals surface area contributed by atoms with Crippen LogP contribution in [0.1, 0.15) is 22.5 Å². The Morgan fingerprint density at radius 2 is 1.88 bits per heavy atom. The van der Waals surface area contributed by atoms with Gasteiger partial charge in [0, 0.05) is 10.8 Å². The van der Waals surface area contributed by atoms with E-state index in [1.165, 1.54) is 11.1 Å². The first kappa shape index (κ1) is 17.0. The second-order valence-electron chi connectivity index (χ2n) is 5.58. The summed E-state index contributed by atoms with van der Waals surface area (Å²) in [6.07, 6.45) is 0. The predicted molar refractivity (Wildman–Crippen MR) is 99.7 cm³/mol. The molecule has 3 aromatic rings. The van der Waals surface area contributed by atoms with E-state index in [0.717, 1.165) is 28.0 Å². The number of hydrogen-bond donors (Lipinski definition) is 1. The molecule has 2 aromatic carbocycles. The zero-order chi connectivity index (χ0) is 17.1.